The van der Waals surface area contributed by atoms with Gasteiger partial charge in [-0.2, -0.15) is 0 Å². The van der Waals surface area contributed by atoms with Gasteiger partial charge in [-0.05, 0) is 44.3 Å². The Morgan fingerprint density at radius 3 is 1.97 bits per heavy atom. The molecule has 4 heteroatoms. The zero-order valence-electron chi connectivity index (χ0n) is 19.1. The van der Waals surface area contributed by atoms with Gasteiger partial charge in [0.05, 0.1) is 8.07 Å². The molecule has 0 bridgehead atoms. The summed E-state index contributed by atoms with van der Waals surface area (Å²) in [6.45, 7) is 6.85. The van der Waals surface area contributed by atoms with Crippen LogP contribution in [0.4, 0.5) is 0 Å². The fourth-order valence-electron chi connectivity index (χ4n) is 6.38. The Bertz CT molecular complexity index is 1380. The van der Waals surface area contributed by atoms with Gasteiger partial charge in [-0.25, -0.2) is 0 Å². The van der Waals surface area contributed by atoms with Crippen LogP contribution in [0.5, 0.6) is 0 Å². The first kappa shape index (κ1) is 26.9. The molecule has 3 aromatic carbocycles. The van der Waals surface area contributed by atoms with Crippen LogP contribution in [0.15, 0.2) is 110 Å². The van der Waals surface area contributed by atoms with Crippen molar-refractivity contribution in [3.05, 3.63) is 131 Å². The third-order valence-electron chi connectivity index (χ3n) is 7.52. The van der Waals surface area contributed by atoms with E-state index in [1.807, 2.05) is 0 Å². The second-order valence-electron chi connectivity index (χ2n) is 9.15. The van der Waals surface area contributed by atoms with Gasteiger partial charge >= 0.3 is 26.2 Å². The van der Waals surface area contributed by atoms with E-state index in [-0.39, 0.29) is 51.0 Å². The minimum Gasteiger partial charge on any atom is -1.00 e. The molecule has 2 atom stereocenters. The molecule has 0 amide bonds. The molecule has 0 spiro atoms. The SMILES string of the molecule is C=CC[Si](C)(C1=c2ccccc2=C2C=CC=CC21)C1c2ccccc2-c2ccccc21.[Cl-].[Cl-].[Zr+2]. The maximum Gasteiger partial charge on any atom is 2.00 e. The summed E-state index contributed by atoms with van der Waals surface area (Å²) >= 11 is 0. The van der Waals surface area contributed by atoms with E-state index in [0.717, 1.165) is 6.04 Å². The van der Waals surface area contributed by atoms with E-state index in [1.54, 1.807) is 5.20 Å². The van der Waals surface area contributed by atoms with Crippen LogP contribution in [0, 0.1) is 5.92 Å². The molecule has 3 aliphatic carbocycles. The average Bonchev–Trinajstić information content (AvgIpc) is 3.33. The van der Waals surface area contributed by atoms with Gasteiger partial charge < -0.3 is 24.8 Å². The molecular weight excluding hydrogens is 551 g/mol. The molecule has 168 valence electrons. The zero-order valence-corrected chi connectivity index (χ0v) is 24.1. The van der Waals surface area contributed by atoms with Crippen molar-refractivity contribution in [2.75, 3.05) is 0 Å². The monoisotopic (exact) mass is 574 g/mol. The number of halogens is 2. The molecule has 2 unspecified atom stereocenters. The van der Waals surface area contributed by atoms with Crippen molar-refractivity contribution >= 4 is 18.8 Å². The fraction of sp³-hybridized carbons (Fsp3) is 0.133. The van der Waals surface area contributed by atoms with Crippen molar-refractivity contribution in [2.24, 2.45) is 5.92 Å². The molecule has 6 rings (SSSR count). The van der Waals surface area contributed by atoms with E-state index in [1.165, 1.54) is 38.3 Å². The topological polar surface area (TPSA) is 0 Å². The van der Waals surface area contributed by atoms with Crippen LogP contribution in [0.1, 0.15) is 16.7 Å². The van der Waals surface area contributed by atoms with Gasteiger partial charge in [0.1, 0.15) is 0 Å². The van der Waals surface area contributed by atoms with Gasteiger partial charge in [0.25, 0.3) is 0 Å². The smallest absolute Gasteiger partial charge is 1.00 e. The number of rotatable bonds is 4. The van der Waals surface area contributed by atoms with Gasteiger partial charge in [0.2, 0.25) is 0 Å². The standard InChI is InChI=1S/C30H26Si.2ClH.Zr/c1-3-20-31(2,29-25-16-8-4-12-21(25)22-13-5-9-17-26(22)29)30-27-18-10-6-14-23(27)24-15-7-11-19-28(24)30;;;/h3-19,25,30H,1,20H2,2H3;2*1H;/q;;;+2/p-2. The summed E-state index contributed by atoms with van der Waals surface area (Å²) in [5.74, 6) is 0.388. The predicted molar refractivity (Wildman–Crippen MR) is 135 cm³/mol. The van der Waals surface area contributed by atoms with E-state index in [0.29, 0.717) is 11.5 Å². The van der Waals surface area contributed by atoms with Crippen LogP contribution in [-0.2, 0) is 26.2 Å². The molecule has 0 aliphatic heterocycles. The number of hydrogen-bond acceptors (Lipinski definition) is 0. The maximum absolute atomic E-state index is 4.24. The van der Waals surface area contributed by atoms with Crippen LogP contribution < -0.4 is 35.3 Å². The maximum atomic E-state index is 4.24. The molecule has 3 aromatic rings. The van der Waals surface area contributed by atoms with E-state index < -0.39 is 8.07 Å². The molecule has 0 fully saturated rings. The quantitative estimate of drug-likeness (QED) is 0.301. The van der Waals surface area contributed by atoms with Crippen molar-refractivity contribution in [1.82, 2.24) is 0 Å². The Morgan fingerprint density at radius 1 is 0.794 bits per heavy atom. The summed E-state index contributed by atoms with van der Waals surface area (Å²) < 4.78 is 0. The summed E-state index contributed by atoms with van der Waals surface area (Å²) in [7, 11) is -2.05. The van der Waals surface area contributed by atoms with Gasteiger partial charge in [-0.1, -0.05) is 115 Å². The first-order chi connectivity index (χ1) is 15.2. The molecule has 0 N–H and O–H groups in total. The summed E-state index contributed by atoms with van der Waals surface area (Å²) in [6, 6.07) is 28.3. The van der Waals surface area contributed by atoms with E-state index in [2.05, 4.69) is 116 Å². The first-order valence-corrected chi connectivity index (χ1v) is 14.0. The molecule has 0 saturated heterocycles. The fourth-order valence-corrected chi connectivity index (χ4v) is 11.4. The minimum absolute atomic E-state index is 0. The third-order valence-corrected chi connectivity index (χ3v) is 12.4. The molecule has 0 saturated carbocycles. The van der Waals surface area contributed by atoms with E-state index in [4.69, 9.17) is 0 Å². The van der Waals surface area contributed by atoms with E-state index in [9.17, 15) is 0 Å². The predicted octanol–water partition coefficient (Wildman–Crippen LogP) is -0.0952. The Labute approximate surface area is 234 Å². The van der Waals surface area contributed by atoms with Crippen LogP contribution in [0.2, 0.25) is 12.6 Å². The number of hydrogen-bond donors (Lipinski definition) is 0. The molecule has 0 heterocycles. The largest absolute Gasteiger partial charge is 2.00 e. The number of fused-ring (bicyclic) bond motifs is 5. The van der Waals surface area contributed by atoms with Gasteiger partial charge in [0.15, 0.2) is 0 Å². The number of allylic oxidation sites excluding steroid dienone is 5. The Morgan fingerprint density at radius 2 is 1.35 bits per heavy atom. The Hall–Kier alpha value is -1.70. The van der Waals surface area contributed by atoms with E-state index >= 15 is 0 Å². The number of benzene rings is 3. The first-order valence-electron chi connectivity index (χ1n) is 11.2. The minimum atomic E-state index is -2.05. The van der Waals surface area contributed by atoms with Gasteiger partial charge in [0, 0.05) is 11.5 Å². The Kier molecular flexibility index (Phi) is 8.31. The van der Waals surface area contributed by atoms with Crippen LogP contribution in [-0.4, -0.2) is 8.07 Å². The summed E-state index contributed by atoms with van der Waals surface area (Å²) in [5, 5.41) is 4.57. The van der Waals surface area contributed by atoms with Crippen molar-refractivity contribution < 1.29 is 51.0 Å². The Balaban J connectivity index is 0.00000108. The molecule has 3 aliphatic rings. The zero-order chi connectivity index (χ0) is 21.0. The van der Waals surface area contributed by atoms with Crippen molar-refractivity contribution in [3.63, 3.8) is 0 Å². The van der Waals surface area contributed by atoms with Crippen molar-refractivity contribution in [3.8, 4) is 11.1 Å². The summed E-state index contributed by atoms with van der Waals surface area (Å²) in [4.78, 5) is 0. The molecule has 0 nitrogen and oxygen atoms in total. The van der Waals surface area contributed by atoms with Crippen LogP contribution in [0.3, 0.4) is 0 Å². The molecule has 0 radical (unpaired) electrons. The van der Waals surface area contributed by atoms with Gasteiger partial charge in [-0.15, -0.1) is 6.58 Å². The normalized spacial score (nSPS) is 18.3. The average molecular weight is 577 g/mol. The van der Waals surface area contributed by atoms with Gasteiger partial charge in [-0.3, -0.25) is 0 Å². The third kappa shape index (κ3) is 3.84. The second-order valence-corrected chi connectivity index (χ2v) is 13.5. The summed E-state index contributed by atoms with van der Waals surface area (Å²) in [6.07, 6.45) is 11.4. The molecule has 0 aromatic heterocycles. The van der Waals surface area contributed by atoms with Crippen LogP contribution >= 0.6 is 0 Å². The van der Waals surface area contributed by atoms with Crippen molar-refractivity contribution in [1.29, 1.82) is 0 Å². The molecule has 34 heavy (non-hydrogen) atoms. The second kappa shape index (κ2) is 10.5. The molecular formula is C30H26Cl2SiZr. The summed E-state index contributed by atoms with van der Waals surface area (Å²) in [5.41, 5.74) is 7.76. The van der Waals surface area contributed by atoms with Crippen LogP contribution in [0.25, 0.3) is 21.9 Å². The van der Waals surface area contributed by atoms with Crippen molar-refractivity contribution in [2.45, 2.75) is 18.1 Å².